The summed E-state index contributed by atoms with van der Waals surface area (Å²) in [5.74, 6) is 1.51. The Balaban J connectivity index is 1.74. The van der Waals surface area contributed by atoms with E-state index in [-0.39, 0.29) is 37.2 Å². The van der Waals surface area contributed by atoms with E-state index in [0.717, 1.165) is 5.56 Å². The predicted molar refractivity (Wildman–Crippen MR) is 124 cm³/mol. The Morgan fingerprint density at radius 3 is 2.29 bits per heavy atom. The van der Waals surface area contributed by atoms with Gasteiger partial charge in [-0.25, -0.2) is 0 Å². The van der Waals surface area contributed by atoms with Gasteiger partial charge in [0.15, 0.2) is 17.3 Å². The summed E-state index contributed by atoms with van der Waals surface area (Å²) in [6, 6.07) is 12.5. The van der Waals surface area contributed by atoms with Crippen molar-refractivity contribution in [3.8, 4) is 11.5 Å². The minimum atomic E-state index is -0.367. The number of nitrogens with zero attached hydrogens (tertiary/aromatic N) is 2. The molecule has 0 aliphatic rings. The topological polar surface area (TPSA) is 94.6 Å². The van der Waals surface area contributed by atoms with Crippen LogP contribution in [0.1, 0.15) is 21.9 Å². The second-order valence-electron chi connectivity index (χ2n) is 7.53. The average Bonchev–Trinajstić information content (AvgIpc) is 3.58. The van der Waals surface area contributed by atoms with Crippen LogP contribution in [0.25, 0.3) is 0 Å². The van der Waals surface area contributed by atoms with Gasteiger partial charge in [-0.05, 0) is 48.4 Å². The number of hydrogen-bond acceptors (Lipinski definition) is 7. The molecule has 0 saturated heterocycles. The van der Waals surface area contributed by atoms with Crippen LogP contribution in [-0.2, 0) is 22.5 Å². The lowest BCUT2D eigenvalue weighted by Gasteiger charge is -2.27. The van der Waals surface area contributed by atoms with Crippen LogP contribution >= 0.6 is 0 Å². The van der Waals surface area contributed by atoms with Gasteiger partial charge in [-0.15, -0.1) is 0 Å². The Hall–Kier alpha value is -3.72. The Morgan fingerprint density at radius 1 is 0.882 bits per heavy atom. The number of carbonyl (C=O) groups is 2. The van der Waals surface area contributed by atoms with Crippen LogP contribution < -0.4 is 9.47 Å². The third-order valence-electron chi connectivity index (χ3n) is 5.31. The summed E-state index contributed by atoms with van der Waals surface area (Å²) in [7, 11) is 4.71. The van der Waals surface area contributed by atoms with Crippen LogP contribution in [0, 0.1) is 0 Å². The highest BCUT2D eigenvalue weighted by Crippen LogP contribution is 2.27. The fourth-order valence-electron chi connectivity index (χ4n) is 3.46. The van der Waals surface area contributed by atoms with E-state index in [4.69, 9.17) is 23.0 Å². The van der Waals surface area contributed by atoms with Gasteiger partial charge in [0.2, 0.25) is 5.91 Å². The van der Waals surface area contributed by atoms with Gasteiger partial charge in [-0.2, -0.15) is 0 Å². The van der Waals surface area contributed by atoms with Crippen LogP contribution in [0.2, 0.25) is 0 Å². The molecule has 0 spiro atoms. The van der Waals surface area contributed by atoms with Gasteiger partial charge in [0.25, 0.3) is 5.91 Å². The van der Waals surface area contributed by atoms with Crippen LogP contribution in [0.4, 0.5) is 0 Å². The molecule has 0 radical (unpaired) electrons. The van der Waals surface area contributed by atoms with Gasteiger partial charge < -0.3 is 32.8 Å². The number of rotatable bonds is 13. The highest BCUT2D eigenvalue weighted by molar-refractivity contribution is 5.94. The molecule has 9 nitrogen and oxygen atoms in total. The van der Waals surface area contributed by atoms with Crippen LogP contribution in [0.5, 0.6) is 11.5 Å². The summed E-state index contributed by atoms with van der Waals surface area (Å²) in [6.07, 6.45) is 3.57. The molecule has 3 rings (SSSR count). The van der Waals surface area contributed by atoms with Crippen molar-refractivity contribution < 1.29 is 32.6 Å². The van der Waals surface area contributed by atoms with Crippen molar-refractivity contribution in [1.29, 1.82) is 0 Å². The molecule has 0 saturated carbocycles. The second-order valence-corrected chi connectivity index (χ2v) is 7.53. The lowest BCUT2D eigenvalue weighted by atomic mass is 10.1. The maximum atomic E-state index is 13.3. The van der Waals surface area contributed by atoms with E-state index in [1.54, 1.807) is 50.7 Å². The summed E-state index contributed by atoms with van der Waals surface area (Å²) < 4.78 is 26.5. The molecule has 2 amide bonds. The molecule has 0 fully saturated rings. The third-order valence-corrected chi connectivity index (χ3v) is 5.31. The molecular formula is C25H30N2O7. The minimum absolute atomic E-state index is 0.116. The number of furan rings is 2. The molecule has 0 atom stereocenters. The van der Waals surface area contributed by atoms with Crippen LogP contribution in [0.15, 0.2) is 63.8 Å². The molecule has 0 N–H and O–H groups in total. The number of amides is 2. The van der Waals surface area contributed by atoms with E-state index in [9.17, 15) is 9.59 Å². The fraction of sp³-hybridized carbons (Fsp3) is 0.360. The van der Waals surface area contributed by atoms with Crippen molar-refractivity contribution in [1.82, 2.24) is 9.80 Å². The molecule has 2 heterocycles. The van der Waals surface area contributed by atoms with Crippen molar-refractivity contribution in [2.75, 3.05) is 47.6 Å². The summed E-state index contributed by atoms with van der Waals surface area (Å²) in [5.41, 5.74) is 0.984. The van der Waals surface area contributed by atoms with Crippen molar-refractivity contribution >= 4 is 11.8 Å². The van der Waals surface area contributed by atoms with Gasteiger partial charge in [0.05, 0.1) is 39.9 Å². The normalized spacial score (nSPS) is 10.7. The van der Waals surface area contributed by atoms with Crippen LogP contribution in [-0.4, -0.2) is 69.2 Å². The SMILES string of the molecule is COCCN(CC(=O)N(CCc1ccc(OC)c(OC)c1)Cc1ccco1)C(=O)c1ccco1. The summed E-state index contributed by atoms with van der Waals surface area (Å²) in [4.78, 5) is 29.3. The first-order chi connectivity index (χ1) is 16.5. The molecule has 9 heteroatoms. The molecule has 0 aliphatic heterocycles. The second kappa shape index (κ2) is 12.5. The fourth-order valence-corrected chi connectivity index (χ4v) is 3.46. The number of methoxy groups -OCH3 is 3. The molecule has 1 aromatic carbocycles. The van der Waals surface area contributed by atoms with Gasteiger partial charge in [-0.3, -0.25) is 9.59 Å². The van der Waals surface area contributed by atoms with E-state index >= 15 is 0 Å². The Bertz CT molecular complexity index is 1030. The van der Waals surface area contributed by atoms with Gasteiger partial charge in [0, 0.05) is 20.2 Å². The summed E-state index contributed by atoms with van der Waals surface area (Å²) in [6.45, 7) is 1.14. The maximum Gasteiger partial charge on any atom is 0.290 e. The van der Waals surface area contributed by atoms with Gasteiger partial charge in [0.1, 0.15) is 12.3 Å². The molecular weight excluding hydrogens is 440 g/mol. The standard InChI is InChI=1S/C25H30N2O7/c1-30-15-12-27(25(29)22-7-5-14-34-22)18-24(28)26(17-20-6-4-13-33-20)11-10-19-8-9-21(31-2)23(16-19)32-3/h4-9,13-14,16H,10-12,15,17-18H2,1-3H3. The molecule has 3 aromatic rings. The van der Waals surface area contributed by atoms with Gasteiger partial charge >= 0.3 is 0 Å². The zero-order valence-corrected chi connectivity index (χ0v) is 19.7. The lowest BCUT2D eigenvalue weighted by molar-refractivity contribution is -0.132. The molecule has 2 aromatic heterocycles. The van der Waals surface area contributed by atoms with E-state index in [0.29, 0.717) is 36.8 Å². The first kappa shape index (κ1) is 24.9. The number of benzene rings is 1. The van der Waals surface area contributed by atoms with E-state index < -0.39 is 0 Å². The van der Waals surface area contributed by atoms with Crippen molar-refractivity contribution in [3.63, 3.8) is 0 Å². The summed E-state index contributed by atoms with van der Waals surface area (Å²) in [5, 5.41) is 0. The van der Waals surface area contributed by atoms with E-state index in [2.05, 4.69) is 0 Å². The van der Waals surface area contributed by atoms with Crippen molar-refractivity contribution in [2.45, 2.75) is 13.0 Å². The zero-order chi connectivity index (χ0) is 24.3. The molecule has 34 heavy (non-hydrogen) atoms. The third kappa shape index (κ3) is 6.64. The number of ether oxygens (including phenoxy) is 3. The Kier molecular flexibility index (Phi) is 9.16. The monoisotopic (exact) mass is 470 g/mol. The smallest absolute Gasteiger partial charge is 0.290 e. The van der Waals surface area contributed by atoms with Gasteiger partial charge in [-0.1, -0.05) is 6.07 Å². The minimum Gasteiger partial charge on any atom is -0.493 e. The highest BCUT2D eigenvalue weighted by atomic mass is 16.5. The Morgan fingerprint density at radius 2 is 1.65 bits per heavy atom. The summed E-state index contributed by atoms with van der Waals surface area (Å²) >= 11 is 0. The maximum absolute atomic E-state index is 13.3. The molecule has 0 unspecified atom stereocenters. The Labute approximate surface area is 198 Å². The lowest BCUT2D eigenvalue weighted by Crippen LogP contribution is -2.44. The van der Waals surface area contributed by atoms with Crippen molar-refractivity contribution in [3.05, 3.63) is 72.1 Å². The first-order valence-electron chi connectivity index (χ1n) is 10.9. The molecule has 0 bridgehead atoms. The quantitative estimate of drug-likeness (QED) is 0.378. The molecule has 0 aliphatic carbocycles. The average molecular weight is 471 g/mol. The van der Waals surface area contributed by atoms with Crippen LogP contribution in [0.3, 0.4) is 0 Å². The highest BCUT2D eigenvalue weighted by Gasteiger charge is 2.24. The number of hydrogen-bond donors (Lipinski definition) is 0. The number of carbonyl (C=O) groups excluding carboxylic acids is 2. The largest absolute Gasteiger partial charge is 0.493 e. The van der Waals surface area contributed by atoms with E-state index in [1.807, 2.05) is 24.3 Å². The predicted octanol–water partition coefficient (Wildman–Crippen LogP) is 3.25. The van der Waals surface area contributed by atoms with E-state index in [1.165, 1.54) is 11.2 Å². The zero-order valence-electron chi connectivity index (χ0n) is 19.7. The first-order valence-corrected chi connectivity index (χ1v) is 10.9. The van der Waals surface area contributed by atoms with Crippen molar-refractivity contribution in [2.24, 2.45) is 0 Å². The molecule has 182 valence electrons.